The third-order valence-electron chi connectivity index (χ3n) is 5.23. The summed E-state index contributed by atoms with van der Waals surface area (Å²) in [5, 5.41) is 4.52. The largest absolute Gasteiger partial charge is 0.361 e. The molecule has 0 saturated carbocycles. The average molecular weight is 309 g/mol. The maximum atomic E-state index is 12.7. The molecular weight excluding hydrogens is 286 g/mol. The van der Waals surface area contributed by atoms with E-state index < -0.39 is 0 Å². The van der Waals surface area contributed by atoms with Crippen LogP contribution in [0.4, 0.5) is 5.69 Å². The number of nitrogens with one attached hydrogen (secondary N) is 2. The Balaban J connectivity index is 2.03. The lowest BCUT2D eigenvalue weighted by Gasteiger charge is -2.44. The molecule has 2 atom stereocenters. The van der Waals surface area contributed by atoms with Crippen molar-refractivity contribution in [1.29, 1.82) is 0 Å². The Morgan fingerprint density at radius 2 is 2.26 bits per heavy atom. The predicted octanol–water partition coefficient (Wildman–Crippen LogP) is 3.13. The van der Waals surface area contributed by atoms with Gasteiger partial charge in [0.1, 0.15) is 11.7 Å². The summed E-state index contributed by atoms with van der Waals surface area (Å²) < 4.78 is 0. The molecule has 2 aromatic rings. The highest BCUT2D eigenvalue weighted by atomic mass is 16.2. The molecule has 23 heavy (non-hydrogen) atoms. The molecule has 4 heteroatoms. The summed E-state index contributed by atoms with van der Waals surface area (Å²) in [6.45, 7) is 10.3. The van der Waals surface area contributed by atoms with Gasteiger partial charge in [-0.25, -0.2) is 0 Å². The van der Waals surface area contributed by atoms with Crippen molar-refractivity contribution >= 4 is 22.5 Å². The van der Waals surface area contributed by atoms with Crippen molar-refractivity contribution in [3.8, 4) is 0 Å². The van der Waals surface area contributed by atoms with Gasteiger partial charge in [-0.15, -0.1) is 6.58 Å². The highest BCUT2D eigenvalue weighted by Crippen LogP contribution is 2.46. The molecule has 1 aromatic heterocycles. The van der Waals surface area contributed by atoms with Gasteiger partial charge in [-0.3, -0.25) is 4.79 Å². The minimum Gasteiger partial charge on any atom is -0.361 e. The Kier molecular flexibility index (Phi) is 2.89. The van der Waals surface area contributed by atoms with Crippen molar-refractivity contribution in [3.05, 3.63) is 42.1 Å². The molecule has 0 bridgehead atoms. The van der Waals surface area contributed by atoms with Crippen molar-refractivity contribution in [3.63, 3.8) is 0 Å². The van der Waals surface area contributed by atoms with Crippen molar-refractivity contribution in [2.75, 3.05) is 4.90 Å². The van der Waals surface area contributed by atoms with Crippen LogP contribution >= 0.6 is 0 Å². The summed E-state index contributed by atoms with van der Waals surface area (Å²) in [5.41, 5.74) is 4.51. The lowest BCUT2D eigenvalue weighted by molar-refractivity contribution is -0.121. The molecule has 2 N–H and O–H groups in total. The van der Waals surface area contributed by atoms with Crippen LogP contribution < -0.4 is 10.2 Å². The summed E-state index contributed by atoms with van der Waals surface area (Å²) in [7, 11) is 0. The number of carbonyl (C=O) groups is 1. The Morgan fingerprint density at radius 1 is 1.48 bits per heavy atom. The number of anilines is 1. The lowest BCUT2D eigenvalue weighted by Crippen LogP contribution is -2.55. The molecule has 4 nitrogen and oxygen atoms in total. The fourth-order valence-electron chi connectivity index (χ4n) is 4.36. The molecule has 1 fully saturated rings. The topological polar surface area (TPSA) is 48.1 Å². The van der Waals surface area contributed by atoms with E-state index in [2.05, 4.69) is 60.9 Å². The number of fused-ring (bicyclic) bond motifs is 2. The number of rotatable bonds is 3. The Bertz CT molecular complexity index is 819. The van der Waals surface area contributed by atoms with Gasteiger partial charge in [0.25, 0.3) is 0 Å². The number of amides is 1. The van der Waals surface area contributed by atoms with Gasteiger partial charge in [-0.2, -0.15) is 0 Å². The molecule has 2 aliphatic rings. The van der Waals surface area contributed by atoms with Gasteiger partial charge < -0.3 is 15.2 Å². The zero-order valence-corrected chi connectivity index (χ0v) is 13.9. The fourth-order valence-corrected chi connectivity index (χ4v) is 4.36. The molecule has 0 aliphatic carbocycles. The molecule has 3 heterocycles. The molecule has 2 unspecified atom stereocenters. The summed E-state index contributed by atoms with van der Waals surface area (Å²) in [6.07, 6.45) is 5.66. The minimum atomic E-state index is -0.356. The molecule has 1 amide bonds. The van der Waals surface area contributed by atoms with E-state index in [0.717, 1.165) is 18.4 Å². The summed E-state index contributed by atoms with van der Waals surface area (Å²) in [4.78, 5) is 18.4. The van der Waals surface area contributed by atoms with Gasteiger partial charge in [-0.1, -0.05) is 26.0 Å². The second-order valence-electron chi connectivity index (χ2n) is 7.30. The second kappa shape index (κ2) is 4.63. The van der Waals surface area contributed by atoms with Crippen LogP contribution in [0, 0.1) is 5.92 Å². The zero-order chi connectivity index (χ0) is 16.4. The molecule has 0 radical (unpaired) electrons. The first-order chi connectivity index (χ1) is 11.0. The Labute approximate surface area is 136 Å². The zero-order valence-electron chi connectivity index (χ0n) is 13.9. The van der Waals surface area contributed by atoms with Crippen LogP contribution in [0.5, 0.6) is 0 Å². The van der Waals surface area contributed by atoms with Gasteiger partial charge >= 0.3 is 0 Å². The summed E-state index contributed by atoms with van der Waals surface area (Å²) in [6, 6.07) is 4.17. The van der Waals surface area contributed by atoms with Crippen LogP contribution in [0.3, 0.4) is 0 Å². The number of nitrogens with zero attached hydrogens (tertiary/aromatic N) is 1. The van der Waals surface area contributed by atoms with E-state index in [0.29, 0.717) is 0 Å². The lowest BCUT2D eigenvalue weighted by atomic mass is 9.88. The smallest absolute Gasteiger partial charge is 0.244 e. The molecule has 2 aliphatic heterocycles. The van der Waals surface area contributed by atoms with Crippen LogP contribution in [0.15, 0.2) is 31.0 Å². The Hall–Kier alpha value is -2.23. The van der Waals surface area contributed by atoms with Crippen LogP contribution in [0.25, 0.3) is 10.9 Å². The van der Waals surface area contributed by atoms with Gasteiger partial charge in [0.05, 0.1) is 5.69 Å². The van der Waals surface area contributed by atoms with Crippen LogP contribution in [0.2, 0.25) is 0 Å². The number of benzene rings is 1. The van der Waals surface area contributed by atoms with Crippen LogP contribution in [0.1, 0.15) is 31.9 Å². The van der Waals surface area contributed by atoms with Crippen LogP contribution in [-0.2, 0) is 17.6 Å². The third kappa shape index (κ3) is 1.81. The van der Waals surface area contributed by atoms with E-state index in [1.807, 2.05) is 6.08 Å². The molecule has 1 aromatic carbocycles. The molecular formula is C19H23N3O. The first kappa shape index (κ1) is 14.4. The number of allylic oxidation sites excluding steroid dienone is 1. The quantitative estimate of drug-likeness (QED) is 0.856. The molecule has 1 saturated heterocycles. The van der Waals surface area contributed by atoms with E-state index >= 15 is 0 Å². The van der Waals surface area contributed by atoms with Crippen molar-refractivity contribution in [1.82, 2.24) is 10.3 Å². The first-order valence-electron chi connectivity index (χ1n) is 8.30. The minimum absolute atomic E-state index is 0.128. The van der Waals surface area contributed by atoms with Crippen molar-refractivity contribution < 1.29 is 4.79 Å². The molecule has 4 rings (SSSR count). The van der Waals surface area contributed by atoms with Gasteiger partial charge in [-0.05, 0) is 36.5 Å². The van der Waals surface area contributed by atoms with Crippen LogP contribution in [-0.4, -0.2) is 22.6 Å². The van der Waals surface area contributed by atoms with E-state index in [1.165, 1.54) is 22.2 Å². The average Bonchev–Trinajstić information content (AvgIpc) is 2.99. The van der Waals surface area contributed by atoms with Gasteiger partial charge in [0, 0.05) is 23.5 Å². The molecule has 0 spiro atoms. The SMILES string of the molecule is C=CCc1ccc2[nH]cc3c2c1N1C(C(C)C)C(=O)NC1(C)C3. The third-order valence-corrected chi connectivity index (χ3v) is 5.23. The van der Waals surface area contributed by atoms with E-state index in [-0.39, 0.29) is 23.5 Å². The molecule has 120 valence electrons. The van der Waals surface area contributed by atoms with Gasteiger partial charge in [0.2, 0.25) is 5.91 Å². The highest BCUT2D eigenvalue weighted by Gasteiger charge is 2.52. The maximum Gasteiger partial charge on any atom is 0.244 e. The summed E-state index contributed by atoms with van der Waals surface area (Å²) in [5.74, 6) is 0.391. The standard InChI is InChI=1S/C19H23N3O/c1-5-6-12-7-8-14-15-13(10-20-14)9-19(4)21-18(23)16(11(2)3)22(19)17(12)15/h5,7-8,10-11,16,20H,1,6,9H2,2-4H3,(H,21,23). The van der Waals surface area contributed by atoms with Crippen molar-refractivity contribution in [2.45, 2.75) is 45.3 Å². The fraction of sp³-hybridized carbons (Fsp3) is 0.421. The van der Waals surface area contributed by atoms with Gasteiger partial charge in [0.15, 0.2) is 0 Å². The number of hydrogen-bond acceptors (Lipinski definition) is 2. The van der Waals surface area contributed by atoms with E-state index in [1.54, 1.807) is 0 Å². The van der Waals surface area contributed by atoms with E-state index in [9.17, 15) is 4.79 Å². The number of aromatic amines is 1. The van der Waals surface area contributed by atoms with Crippen molar-refractivity contribution in [2.24, 2.45) is 5.92 Å². The van der Waals surface area contributed by atoms with E-state index in [4.69, 9.17) is 0 Å². The maximum absolute atomic E-state index is 12.7. The summed E-state index contributed by atoms with van der Waals surface area (Å²) >= 11 is 0. The highest BCUT2D eigenvalue weighted by molar-refractivity contribution is 6.03. The normalized spacial score (nSPS) is 25.8. The Morgan fingerprint density at radius 3 is 2.96 bits per heavy atom. The first-order valence-corrected chi connectivity index (χ1v) is 8.30. The second-order valence-corrected chi connectivity index (χ2v) is 7.30. The monoisotopic (exact) mass is 309 g/mol. The predicted molar refractivity (Wildman–Crippen MR) is 93.6 cm³/mol. The number of aromatic nitrogens is 1. The number of carbonyl (C=O) groups excluding carboxylic acids is 1. The number of hydrogen-bond donors (Lipinski definition) is 2. The number of H-pyrrole nitrogens is 1.